The fourth-order valence-corrected chi connectivity index (χ4v) is 2.46. The molecule has 1 aliphatic carbocycles. The predicted molar refractivity (Wildman–Crippen MR) is 64.6 cm³/mol. The number of aliphatic hydroxyl groups is 1. The van der Waals surface area contributed by atoms with Crippen LogP contribution in [0.4, 0.5) is 0 Å². The second kappa shape index (κ2) is 5.83. The first-order chi connectivity index (χ1) is 8.24. The Morgan fingerprint density at radius 3 is 2.82 bits per heavy atom. The van der Waals surface area contributed by atoms with Gasteiger partial charge in [-0.05, 0) is 43.9 Å². The zero-order valence-electron chi connectivity index (χ0n) is 10.4. The Morgan fingerprint density at radius 1 is 1.41 bits per heavy atom. The lowest BCUT2D eigenvalue weighted by Crippen LogP contribution is -2.34. The maximum absolute atomic E-state index is 11.7. The number of ether oxygens (including phenoxy) is 1. The quantitative estimate of drug-likeness (QED) is 0.735. The third kappa shape index (κ3) is 3.96. The molecule has 2 aliphatic rings. The first-order valence-electron chi connectivity index (χ1n) is 6.73. The largest absolute Gasteiger partial charge is 0.396 e. The third-order valence-corrected chi connectivity index (χ3v) is 3.95. The Kier molecular flexibility index (Phi) is 4.40. The van der Waals surface area contributed by atoms with E-state index in [2.05, 4.69) is 5.32 Å². The molecule has 4 nitrogen and oxygen atoms in total. The van der Waals surface area contributed by atoms with Crippen molar-refractivity contribution in [2.75, 3.05) is 19.8 Å². The van der Waals surface area contributed by atoms with E-state index in [0.29, 0.717) is 6.42 Å². The molecule has 17 heavy (non-hydrogen) atoms. The van der Waals surface area contributed by atoms with Crippen LogP contribution in [0.3, 0.4) is 0 Å². The fourth-order valence-electron chi connectivity index (χ4n) is 2.46. The van der Waals surface area contributed by atoms with Crippen LogP contribution < -0.4 is 5.32 Å². The maximum atomic E-state index is 11.7. The molecule has 1 aliphatic heterocycles. The number of carbonyl (C=O) groups is 1. The van der Waals surface area contributed by atoms with E-state index in [0.717, 1.165) is 45.3 Å². The fraction of sp³-hybridized carbons (Fsp3) is 0.923. The van der Waals surface area contributed by atoms with Gasteiger partial charge in [-0.1, -0.05) is 0 Å². The number of nitrogens with one attached hydrogen (secondary N) is 1. The highest BCUT2D eigenvalue weighted by molar-refractivity contribution is 5.76. The van der Waals surface area contributed by atoms with Crippen LogP contribution in [0.1, 0.15) is 44.9 Å². The van der Waals surface area contributed by atoms with E-state index in [1.54, 1.807) is 0 Å². The predicted octanol–water partition coefficient (Wildman–Crippen LogP) is 1.22. The van der Waals surface area contributed by atoms with Gasteiger partial charge in [-0.15, -0.1) is 0 Å². The van der Waals surface area contributed by atoms with Crippen LogP contribution in [-0.2, 0) is 9.53 Å². The van der Waals surface area contributed by atoms with Crippen molar-refractivity contribution in [2.45, 2.75) is 51.0 Å². The van der Waals surface area contributed by atoms with Gasteiger partial charge < -0.3 is 15.2 Å². The van der Waals surface area contributed by atoms with Gasteiger partial charge in [0.15, 0.2) is 0 Å². The van der Waals surface area contributed by atoms with Gasteiger partial charge in [-0.2, -0.15) is 0 Å². The van der Waals surface area contributed by atoms with Crippen molar-refractivity contribution >= 4 is 5.91 Å². The Balaban J connectivity index is 1.63. The highest BCUT2D eigenvalue weighted by Gasteiger charge is 2.41. The summed E-state index contributed by atoms with van der Waals surface area (Å²) in [4.78, 5) is 11.7. The van der Waals surface area contributed by atoms with Gasteiger partial charge in [0.2, 0.25) is 5.91 Å². The normalized spacial score (nSPS) is 26.5. The monoisotopic (exact) mass is 241 g/mol. The van der Waals surface area contributed by atoms with Crippen molar-refractivity contribution in [2.24, 2.45) is 5.41 Å². The molecule has 98 valence electrons. The van der Waals surface area contributed by atoms with Crippen LogP contribution in [-0.4, -0.2) is 36.9 Å². The van der Waals surface area contributed by atoms with E-state index in [9.17, 15) is 4.79 Å². The highest BCUT2D eigenvalue weighted by Crippen LogP contribution is 2.47. The lowest BCUT2D eigenvalue weighted by molar-refractivity contribution is -0.125. The smallest absolute Gasteiger partial charge is 0.222 e. The number of hydrogen-bond acceptors (Lipinski definition) is 3. The van der Waals surface area contributed by atoms with Crippen LogP contribution in [0.25, 0.3) is 0 Å². The molecule has 1 unspecified atom stereocenters. The van der Waals surface area contributed by atoms with Crippen molar-refractivity contribution in [3.05, 3.63) is 0 Å². The van der Waals surface area contributed by atoms with Crippen LogP contribution in [0, 0.1) is 5.41 Å². The molecule has 2 fully saturated rings. The molecule has 0 bridgehead atoms. The molecule has 2 N–H and O–H groups in total. The molecule has 0 radical (unpaired) electrons. The summed E-state index contributed by atoms with van der Waals surface area (Å²) in [5.41, 5.74) is 0.206. The Hall–Kier alpha value is -0.610. The van der Waals surface area contributed by atoms with E-state index in [1.807, 2.05) is 0 Å². The Labute approximate surface area is 103 Å². The molecule has 1 amide bonds. The Bertz CT molecular complexity index is 257. The molecule has 0 aromatic heterocycles. The van der Waals surface area contributed by atoms with Crippen molar-refractivity contribution < 1.29 is 14.6 Å². The van der Waals surface area contributed by atoms with Crippen LogP contribution in [0.5, 0.6) is 0 Å². The first-order valence-corrected chi connectivity index (χ1v) is 6.73. The van der Waals surface area contributed by atoms with E-state index in [-0.39, 0.29) is 24.0 Å². The van der Waals surface area contributed by atoms with Crippen LogP contribution >= 0.6 is 0 Å². The van der Waals surface area contributed by atoms with Gasteiger partial charge in [0.1, 0.15) is 0 Å². The zero-order valence-corrected chi connectivity index (χ0v) is 10.4. The van der Waals surface area contributed by atoms with Crippen molar-refractivity contribution in [1.29, 1.82) is 0 Å². The number of carbonyl (C=O) groups excluding carboxylic acids is 1. The van der Waals surface area contributed by atoms with Crippen molar-refractivity contribution in [3.8, 4) is 0 Å². The van der Waals surface area contributed by atoms with Crippen molar-refractivity contribution in [1.82, 2.24) is 5.32 Å². The molecule has 0 aromatic carbocycles. The second-order valence-electron chi connectivity index (χ2n) is 5.44. The minimum atomic E-state index is 0.0983. The average molecular weight is 241 g/mol. The third-order valence-electron chi connectivity index (χ3n) is 3.95. The summed E-state index contributed by atoms with van der Waals surface area (Å²) in [6.07, 6.45) is 7.00. The molecule has 1 heterocycles. The van der Waals surface area contributed by atoms with Gasteiger partial charge in [-0.25, -0.2) is 0 Å². The van der Waals surface area contributed by atoms with E-state index in [1.165, 1.54) is 6.42 Å². The maximum Gasteiger partial charge on any atom is 0.222 e. The molecule has 1 saturated carbocycles. The molecule has 4 heteroatoms. The minimum absolute atomic E-state index is 0.0983. The summed E-state index contributed by atoms with van der Waals surface area (Å²) < 4.78 is 5.54. The molecular weight excluding hydrogens is 218 g/mol. The first kappa shape index (κ1) is 12.8. The lowest BCUT2D eigenvalue weighted by Gasteiger charge is -2.22. The number of rotatable bonds is 6. The van der Waals surface area contributed by atoms with E-state index < -0.39 is 0 Å². The molecule has 2 rings (SSSR count). The summed E-state index contributed by atoms with van der Waals surface area (Å²) in [6.45, 7) is 1.74. The minimum Gasteiger partial charge on any atom is -0.396 e. The molecule has 1 atom stereocenters. The standard InChI is InChI=1S/C13H23NO3/c15-7-6-13(4-5-13)10-14-12(16)9-11-3-1-2-8-17-11/h11,15H,1-10H2,(H,14,16). The highest BCUT2D eigenvalue weighted by atomic mass is 16.5. The van der Waals surface area contributed by atoms with Crippen LogP contribution in [0.2, 0.25) is 0 Å². The summed E-state index contributed by atoms with van der Waals surface area (Å²) >= 11 is 0. The van der Waals surface area contributed by atoms with Gasteiger partial charge in [0.05, 0.1) is 12.5 Å². The number of aliphatic hydroxyl groups excluding tert-OH is 1. The topological polar surface area (TPSA) is 58.6 Å². The van der Waals surface area contributed by atoms with Gasteiger partial charge >= 0.3 is 0 Å². The van der Waals surface area contributed by atoms with Gasteiger partial charge in [0, 0.05) is 19.8 Å². The lowest BCUT2D eigenvalue weighted by atomic mass is 10.0. The van der Waals surface area contributed by atoms with Gasteiger partial charge in [0.25, 0.3) is 0 Å². The van der Waals surface area contributed by atoms with Crippen molar-refractivity contribution in [3.63, 3.8) is 0 Å². The molecule has 1 saturated heterocycles. The van der Waals surface area contributed by atoms with Gasteiger partial charge in [-0.3, -0.25) is 4.79 Å². The van der Waals surface area contributed by atoms with E-state index in [4.69, 9.17) is 9.84 Å². The zero-order chi connectivity index (χ0) is 12.1. The average Bonchev–Trinajstić information content (AvgIpc) is 3.09. The molecular formula is C13H23NO3. The van der Waals surface area contributed by atoms with Crippen LogP contribution in [0.15, 0.2) is 0 Å². The summed E-state index contributed by atoms with van der Waals surface area (Å²) in [5, 5.41) is 11.9. The summed E-state index contributed by atoms with van der Waals surface area (Å²) in [7, 11) is 0. The number of amides is 1. The second-order valence-corrected chi connectivity index (χ2v) is 5.44. The number of hydrogen-bond donors (Lipinski definition) is 2. The summed E-state index contributed by atoms with van der Waals surface area (Å²) in [6, 6.07) is 0. The van der Waals surface area contributed by atoms with E-state index >= 15 is 0 Å². The molecule has 0 aromatic rings. The SMILES string of the molecule is O=C(CC1CCCCO1)NCC1(CCO)CC1. The Morgan fingerprint density at radius 2 is 2.24 bits per heavy atom. The summed E-state index contributed by atoms with van der Waals surface area (Å²) in [5.74, 6) is 0.0983. The molecule has 0 spiro atoms.